The Morgan fingerprint density at radius 2 is 2.31 bits per heavy atom. The molecule has 0 aliphatic carbocycles. The summed E-state index contributed by atoms with van der Waals surface area (Å²) in [6, 6.07) is 3.66. The molecule has 26 heavy (non-hydrogen) atoms. The van der Waals surface area contributed by atoms with Crippen molar-refractivity contribution < 1.29 is 4.79 Å². The van der Waals surface area contributed by atoms with Crippen molar-refractivity contribution in [3.05, 3.63) is 47.8 Å². The van der Waals surface area contributed by atoms with E-state index >= 15 is 0 Å². The van der Waals surface area contributed by atoms with Gasteiger partial charge in [-0.15, -0.1) is 12.3 Å². The number of terminal acetylenes is 1. The van der Waals surface area contributed by atoms with Gasteiger partial charge < -0.3 is 9.88 Å². The van der Waals surface area contributed by atoms with Gasteiger partial charge >= 0.3 is 0 Å². The van der Waals surface area contributed by atoms with Crippen LogP contribution in [0.25, 0.3) is 0 Å². The molecule has 0 aromatic carbocycles. The fourth-order valence-corrected chi connectivity index (χ4v) is 3.54. The Hall–Kier alpha value is -3.01. The Kier molecular flexibility index (Phi) is 4.25. The second-order valence-electron chi connectivity index (χ2n) is 6.68. The number of carbonyl (C=O) groups excluding carboxylic acids is 1. The third-order valence-electron chi connectivity index (χ3n) is 5.04. The maximum atomic E-state index is 13.0. The van der Waals surface area contributed by atoms with E-state index in [0.29, 0.717) is 32.2 Å². The highest BCUT2D eigenvalue weighted by atomic mass is 16.2. The molecule has 0 saturated heterocycles. The maximum absolute atomic E-state index is 13.0. The number of aromatic amines is 1. The minimum atomic E-state index is -0.431. The highest BCUT2D eigenvalue weighted by Gasteiger charge is 2.41. The average molecular weight is 348 g/mol. The Labute approximate surface area is 152 Å². The number of amides is 1. The van der Waals surface area contributed by atoms with Gasteiger partial charge in [0.2, 0.25) is 5.91 Å². The summed E-state index contributed by atoms with van der Waals surface area (Å²) in [6.45, 7) is 0.652. The number of aromatic nitrogens is 3. The summed E-state index contributed by atoms with van der Waals surface area (Å²) in [5.41, 5.74) is 2.52. The smallest absolute Gasteiger partial charge is 0.223 e. The number of fused-ring (bicyclic) bond motifs is 1. The minimum Gasteiger partial charge on any atom is -0.348 e. The van der Waals surface area contributed by atoms with Crippen LogP contribution in [-0.2, 0) is 11.2 Å². The van der Waals surface area contributed by atoms with Crippen LogP contribution in [0.5, 0.6) is 0 Å². The van der Waals surface area contributed by atoms with Crippen molar-refractivity contribution in [2.24, 2.45) is 10.2 Å². The largest absolute Gasteiger partial charge is 0.348 e. The van der Waals surface area contributed by atoms with Gasteiger partial charge in [0.15, 0.2) is 5.66 Å². The highest BCUT2D eigenvalue weighted by Crippen LogP contribution is 2.39. The van der Waals surface area contributed by atoms with Gasteiger partial charge in [0.1, 0.15) is 6.04 Å². The van der Waals surface area contributed by atoms with Crippen LogP contribution in [0.2, 0.25) is 0 Å². The number of hydrogen-bond donors (Lipinski definition) is 1. The van der Waals surface area contributed by atoms with Gasteiger partial charge in [-0.2, -0.15) is 10.2 Å². The molecule has 7 heteroatoms. The zero-order valence-corrected chi connectivity index (χ0v) is 14.4. The van der Waals surface area contributed by atoms with Crippen molar-refractivity contribution in [2.45, 2.75) is 43.8 Å². The van der Waals surface area contributed by atoms with E-state index in [1.54, 1.807) is 18.7 Å². The molecule has 1 unspecified atom stereocenters. The highest BCUT2D eigenvalue weighted by molar-refractivity contribution is 5.77. The third kappa shape index (κ3) is 3.10. The van der Waals surface area contributed by atoms with Crippen LogP contribution in [0, 0.1) is 12.3 Å². The summed E-state index contributed by atoms with van der Waals surface area (Å²) in [5, 5.41) is 8.25. The molecular formula is C19H20N6O. The molecule has 2 aromatic rings. The molecule has 1 amide bonds. The van der Waals surface area contributed by atoms with Crippen LogP contribution in [0.1, 0.15) is 48.7 Å². The molecule has 0 bridgehead atoms. The first-order valence-electron chi connectivity index (χ1n) is 8.81. The second kappa shape index (κ2) is 6.71. The molecule has 0 saturated carbocycles. The van der Waals surface area contributed by atoms with Gasteiger partial charge in [-0.3, -0.25) is 9.78 Å². The molecule has 7 nitrogen and oxygen atoms in total. The fraction of sp³-hybridized carbons (Fsp3) is 0.421. The van der Waals surface area contributed by atoms with E-state index in [9.17, 15) is 4.79 Å². The van der Waals surface area contributed by atoms with Gasteiger partial charge in [0.25, 0.3) is 0 Å². The van der Waals surface area contributed by atoms with Gasteiger partial charge in [-0.25, -0.2) is 4.98 Å². The standard InChI is InChI=1S/C19H20N6O/c1-2-3-8-19(23-24-19)9-6-16(26)25-11-7-15-17(22-13-21-15)18(25)14-5-4-10-20-12-14/h1,4-5,10,12-13,18H,3,6-9,11H2,(H,21,22). The molecule has 2 aromatic heterocycles. The minimum absolute atomic E-state index is 0.0879. The van der Waals surface area contributed by atoms with Crippen LogP contribution in [-0.4, -0.2) is 38.0 Å². The summed E-state index contributed by atoms with van der Waals surface area (Å²) < 4.78 is 0. The Morgan fingerprint density at radius 1 is 1.42 bits per heavy atom. The van der Waals surface area contributed by atoms with Gasteiger partial charge in [0.05, 0.1) is 12.0 Å². The molecular weight excluding hydrogens is 328 g/mol. The first-order valence-corrected chi connectivity index (χ1v) is 8.81. The van der Waals surface area contributed by atoms with Crippen LogP contribution in [0.15, 0.2) is 41.1 Å². The molecule has 1 N–H and O–H groups in total. The molecule has 4 heterocycles. The summed E-state index contributed by atoms with van der Waals surface area (Å²) in [4.78, 5) is 26.8. The van der Waals surface area contributed by atoms with Gasteiger partial charge in [0, 0.05) is 56.7 Å². The summed E-state index contributed by atoms with van der Waals surface area (Å²) >= 11 is 0. The molecule has 0 radical (unpaired) electrons. The fourth-order valence-electron chi connectivity index (χ4n) is 3.54. The van der Waals surface area contributed by atoms with Crippen molar-refractivity contribution in [2.75, 3.05) is 6.54 Å². The normalized spacial score (nSPS) is 19.7. The number of rotatable bonds is 6. The number of pyridine rings is 1. The van der Waals surface area contributed by atoms with Crippen molar-refractivity contribution in [3.8, 4) is 12.3 Å². The predicted molar refractivity (Wildman–Crippen MR) is 95.0 cm³/mol. The lowest BCUT2D eigenvalue weighted by Gasteiger charge is -2.35. The Balaban J connectivity index is 1.51. The number of nitrogens with one attached hydrogen (secondary N) is 1. The van der Waals surface area contributed by atoms with E-state index in [-0.39, 0.29) is 11.9 Å². The molecule has 2 aliphatic heterocycles. The summed E-state index contributed by atoms with van der Waals surface area (Å²) in [7, 11) is 0. The lowest BCUT2D eigenvalue weighted by atomic mass is 9.95. The number of nitrogens with zero attached hydrogens (tertiary/aromatic N) is 5. The second-order valence-corrected chi connectivity index (χ2v) is 6.68. The van der Waals surface area contributed by atoms with Gasteiger partial charge in [-0.05, 0) is 11.6 Å². The van der Waals surface area contributed by atoms with Gasteiger partial charge in [-0.1, -0.05) is 6.07 Å². The van der Waals surface area contributed by atoms with E-state index in [1.807, 2.05) is 17.0 Å². The van der Waals surface area contributed by atoms with E-state index in [4.69, 9.17) is 6.42 Å². The zero-order chi connectivity index (χ0) is 18.0. The topological polar surface area (TPSA) is 86.6 Å². The third-order valence-corrected chi connectivity index (χ3v) is 5.04. The van der Waals surface area contributed by atoms with E-state index in [1.165, 1.54) is 0 Å². The number of H-pyrrole nitrogens is 1. The van der Waals surface area contributed by atoms with Crippen molar-refractivity contribution in [1.82, 2.24) is 19.9 Å². The monoisotopic (exact) mass is 348 g/mol. The maximum Gasteiger partial charge on any atom is 0.223 e. The first kappa shape index (κ1) is 16.5. The van der Waals surface area contributed by atoms with Crippen LogP contribution >= 0.6 is 0 Å². The number of imidazole rings is 1. The lowest BCUT2D eigenvalue weighted by molar-refractivity contribution is -0.133. The van der Waals surface area contributed by atoms with E-state index in [0.717, 1.165) is 23.4 Å². The number of hydrogen-bond acceptors (Lipinski definition) is 5. The first-order chi connectivity index (χ1) is 12.7. The molecule has 0 fully saturated rings. The quantitative estimate of drug-likeness (QED) is 0.814. The Morgan fingerprint density at radius 3 is 3.04 bits per heavy atom. The molecule has 132 valence electrons. The zero-order valence-electron chi connectivity index (χ0n) is 14.4. The van der Waals surface area contributed by atoms with Crippen molar-refractivity contribution in [3.63, 3.8) is 0 Å². The molecule has 4 rings (SSSR count). The van der Waals surface area contributed by atoms with Crippen LogP contribution in [0.3, 0.4) is 0 Å². The average Bonchev–Trinajstić information content (AvgIpc) is 3.29. The van der Waals surface area contributed by atoms with Crippen molar-refractivity contribution >= 4 is 5.91 Å². The summed E-state index contributed by atoms with van der Waals surface area (Å²) in [6.07, 6.45) is 13.7. The molecule has 1 atom stereocenters. The lowest BCUT2D eigenvalue weighted by Crippen LogP contribution is -2.41. The Bertz CT molecular complexity index is 860. The molecule has 2 aliphatic rings. The van der Waals surface area contributed by atoms with Crippen molar-refractivity contribution in [1.29, 1.82) is 0 Å². The van der Waals surface area contributed by atoms with E-state index < -0.39 is 5.66 Å². The van der Waals surface area contributed by atoms with Crippen LogP contribution < -0.4 is 0 Å². The SMILES string of the molecule is C#CCCC1(CCC(=O)N2CCc3[nH]cnc3C2c2cccnc2)N=N1. The van der Waals surface area contributed by atoms with Crippen LogP contribution in [0.4, 0.5) is 0 Å². The number of carbonyl (C=O) groups is 1. The van der Waals surface area contributed by atoms with E-state index in [2.05, 4.69) is 31.1 Å². The molecule has 0 spiro atoms. The predicted octanol–water partition coefficient (Wildman–Crippen LogP) is 2.63. The summed E-state index contributed by atoms with van der Waals surface area (Å²) in [5.74, 6) is 2.71.